The van der Waals surface area contributed by atoms with Gasteiger partial charge in [-0.1, -0.05) is 66.7 Å². The first-order chi connectivity index (χ1) is 21.9. The van der Waals surface area contributed by atoms with Crippen molar-refractivity contribution in [3.63, 3.8) is 0 Å². The van der Waals surface area contributed by atoms with Crippen molar-refractivity contribution in [1.29, 1.82) is 0 Å². The van der Waals surface area contributed by atoms with Crippen LogP contribution in [0, 0.1) is 6.92 Å². The maximum atomic E-state index is 13.4. The van der Waals surface area contributed by atoms with E-state index in [1.807, 2.05) is 37.3 Å². The van der Waals surface area contributed by atoms with Gasteiger partial charge in [0.05, 0.1) is 12.6 Å². The van der Waals surface area contributed by atoms with Crippen molar-refractivity contribution >= 4 is 33.4 Å². The molecule has 0 aliphatic rings. The summed E-state index contributed by atoms with van der Waals surface area (Å²) in [5.41, 5.74) is 4.73. The molecule has 0 spiro atoms. The number of methoxy groups -OCH3 is 1. The summed E-state index contributed by atoms with van der Waals surface area (Å²) in [6.07, 6.45) is 0.329. The van der Waals surface area contributed by atoms with E-state index in [-0.39, 0.29) is 31.6 Å². The molecular weight excluding hydrogens is 568 g/mol. The topological polar surface area (TPSA) is 106 Å². The van der Waals surface area contributed by atoms with Gasteiger partial charge in [-0.05, 0) is 77.2 Å². The molecule has 0 fully saturated rings. The largest absolute Gasteiger partial charge is 0.508 e. The Hall–Kier alpha value is -4.92. The van der Waals surface area contributed by atoms with E-state index in [1.165, 1.54) is 0 Å². The van der Waals surface area contributed by atoms with Gasteiger partial charge >= 0.3 is 5.97 Å². The molecule has 1 atom stereocenters. The molecule has 8 heteroatoms. The van der Waals surface area contributed by atoms with Crippen LogP contribution < -0.4 is 15.4 Å². The number of hydrogen-bond acceptors (Lipinski definition) is 7. The second-order valence-electron chi connectivity index (χ2n) is 10.9. The van der Waals surface area contributed by atoms with Crippen molar-refractivity contribution < 1.29 is 28.9 Å². The summed E-state index contributed by atoms with van der Waals surface area (Å²) in [5.74, 6) is -0.0477. The number of fused-ring (bicyclic) bond motifs is 2. The van der Waals surface area contributed by atoms with E-state index in [9.17, 15) is 14.7 Å². The van der Waals surface area contributed by atoms with Crippen LogP contribution in [0.15, 0.2) is 91.0 Å². The van der Waals surface area contributed by atoms with Crippen LogP contribution in [0.4, 0.5) is 0 Å². The number of phenolic OH excluding ortho intramolecular Hbond substituents is 1. The Morgan fingerprint density at radius 2 is 1.56 bits per heavy atom. The molecule has 1 amide bonds. The lowest BCUT2D eigenvalue weighted by molar-refractivity contribution is -0.143. The number of rotatable bonds is 13. The van der Waals surface area contributed by atoms with Gasteiger partial charge in [-0.3, -0.25) is 9.59 Å². The van der Waals surface area contributed by atoms with E-state index < -0.39 is 12.0 Å². The second kappa shape index (κ2) is 14.7. The minimum Gasteiger partial charge on any atom is -0.508 e. The van der Waals surface area contributed by atoms with Gasteiger partial charge in [0.25, 0.3) is 0 Å². The molecule has 1 unspecified atom stereocenters. The van der Waals surface area contributed by atoms with Crippen molar-refractivity contribution in [2.75, 3.05) is 27.1 Å². The molecule has 0 aliphatic heterocycles. The van der Waals surface area contributed by atoms with Gasteiger partial charge in [-0.15, -0.1) is 0 Å². The van der Waals surface area contributed by atoms with Gasteiger partial charge in [0, 0.05) is 30.3 Å². The van der Waals surface area contributed by atoms with Crippen LogP contribution in [0.5, 0.6) is 11.5 Å². The highest BCUT2D eigenvalue weighted by Gasteiger charge is 2.23. The molecule has 5 aromatic rings. The van der Waals surface area contributed by atoms with Crippen molar-refractivity contribution in [3.05, 3.63) is 108 Å². The lowest BCUT2D eigenvalue weighted by Crippen LogP contribution is -2.46. The zero-order valence-electron chi connectivity index (χ0n) is 25.8. The number of carbonyl (C=O) groups excluding carboxylic acids is 2. The average molecular weight is 607 g/mol. The van der Waals surface area contributed by atoms with E-state index in [0.717, 1.165) is 49.4 Å². The normalized spacial score (nSPS) is 11.8. The lowest BCUT2D eigenvalue weighted by Gasteiger charge is -2.22. The van der Waals surface area contributed by atoms with Crippen LogP contribution in [-0.2, 0) is 32.0 Å². The molecule has 5 aromatic carbocycles. The van der Waals surface area contributed by atoms with E-state index in [1.54, 1.807) is 38.3 Å². The molecular formula is C37H38N2O6. The van der Waals surface area contributed by atoms with Gasteiger partial charge in [0.15, 0.2) is 6.79 Å². The predicted octanol–water partition coefficient (Wildman–Crippen LogP) is 6.04. The Morgan fingerprint density at radius 1 is 0.889 bits per heavy atom. The number of aryl methyl sites for hydroxylation is 1. The Balaban J connectivity index is 1.54. The van der Waals surface area contributed by atoms with Gasteiger partial charge < -0.3 is 30.0 Å². The summed E-state index contributed by atoms with van der Waals surface area (Å²) in [4.78, 5) is 25.3. The minimum absolute atomic E-state index is 0.0444. The SMILES string of the molecule is CCOC(=O)CNC(=O)C(Cc1ccc(O)cc1)NCc1cc(C)cc(-c2c3ccccc3cc3ccccc23)c1OCOC. The third-order valence-electron chi connectivity index (χ3n) is 7.62. The van der Waals surface area contributed by atoms with Crippen LogP contribution in [0.3, 0.4) is 0 Å². The molecule has 45 heavy (non-hydrogen) atoms. The number of nitrogens with one attached hydrogen (secondary N) is 2. The summed E-state index contributed by atoms with van der Waals surface area (Å²) in [5, 5.41) is 20.3. The lowest BCUT2D eigenvalue weighted by atomic mass is 9.89. The zero-order chi connectivity index (χ0) is 31.8. The third kappa shape index (κ3) is 7.60. The highest BCUT2D eigenvalue weighted by atomic mass is 16.7. The summed E-state index contributed by atoms with van der Waals surface area (Å²) < 4.78 is 16.6. The van der Waals surface area contributed by atoms with Gasteiger partial charge in [-0.2, -0.15) is 0 Å². The summed E-state index contributed by atoms with van der Waals surface area (Å²) >= 11 is 0. The maximum Gasteiger partial charge on any atom is 0.325 e. The maximum absolute atomic E-state index is 13.4. The first-order valence-electron chi connectivity index (χ1n) is 15.0. The van der Waals surface area contributed by atoms with E-state index >= 15 is 0 Å². The van der Waals surface area contributed by atoms with E-state index in [0.29, 0.717) is 18.7 Å². The minimum atomic E-state index is -0.693. The highest BCUT2D eigenvalue weighted by Crippen LogP contribution is 2.43. The monoisotopic (exact) mass is 606 g/mol. The van der Waals surface area contributed by atoms with Crippen LogP contribution >= 0.6 is 0 Å². The molecule has 0 saturated heterocycles. The second-order valence-corrected chi connectivity index (χ2v) is 10.9. The van der Waals surface area contributed by atoms with Gasteiger partial charge in [0.2, 0.25) is 5.91 Å². The smallest absolute Gasteiger partial charge is 0.325 e. The Labute approximate surface area is 262 Å². The summed E-state index contributed by atoms with van der Waals surface area (Å²) in [6, 6.07) is 29.0. The number of benzene rings is 5. The average Bonchev–Trinajstić information content (AvgIpc) is 3.04. The van der Waals surface area contributed by atoms with Crippen molar-refractivity contribution in [2.45, 2.75) is 32.9 Å². The molecule has 0 aromatic heterocycles. The molecule has 5 rings (SSSR count). The fraction of sp³-hybridized carbons (Fsp3) is 0.243. The molecule has 0 saturated carbocycles. The number of aromatic hydroxyl groups is 1. The Kier molecular flexibility index (Phi) is 10.3. The van der Waals surface area contributed by atoms with Gasteiger partial charge in [0.1, 0.15) is 18.0 Å². The number of amides is 1. The third-order valence-corrected chi connectivity index (χ3v) is 7.62. The Morgan fingerprint density at radius 3 is 2.20 bits per heavy atom. The van der Waals surface area contributed by atoms with Crippen molar-refractivity contribution in [2.24, 2.45) is 0 Å². The summed E-state index contributed by atoms with van der Waals surface area (Å²) in [7, 11) is 1.58. The molecule has 3 N–H and O–H groups in total. The number of ether oxygens (including phenoxy) is 3. The number of carbonyl (C=O) groups is 2. The molecule has 232 valence electrons. The first kappa shape index (κ1) is 31.5. The molecule has 0 aliphatic carbocycles. The quantitative estimate of drug-likeness (QED) is 0.0853. The van der Waals surface area contributed by atoms with Crippen LogP contribution in [0.25, 0.3) is 32.7 Å². The zero-order valence-corrected chi connectivity index (χ0v) is 25.8. The van der Waals surface area contributed by atoms with Crippen LogP contribution in [0.1, 0.15) is 23.6 Å². The summed E-state index contributed by atoms with van der Waals surface area (Å²) in [6.45, 7) is 4.10. The molecule has 8 nitrogen and oxygen atoms in total. The first-order valence-corrected chi connectivity index (χ1v) is 15.0. The van der Waals surface area contributed by atoms with Crippen LogP contribution in [0.2, 0.25) is 0 Å². The number of hydrogen-bond donors (Lipinski definition) is 3. The number of esters is 1. The van der Waals surface area contributed by atoms with Crippen molar-refractivity contribution in [3.8, 4) is 22.6 Å². The molecule has 0 bridgehead atoms. The number of phenols is 1. The highest BCUT2D eigenvalue weighted by molar-refractivity contribution is 6.13. The van der Waals surface area contributed by atoms with E-state index in [2.05, 4.69) is 47.0 Å². The molecule has 0 heterocycles. The van der Waals surface area contributed by atoms with E-state index in [4.69, 9.17) is 14.2 Å². The standard InChI is InChI=1S/C37H38N2O6/c1-4-44-34(41)22-39-37(42)33(19-25-13-15-29(40)16-14-25)38-21-28-17-24(2)18-32(36(28)45-23-43-3)35-30-11-7-5-9-26(30)20-27-10-6-8-12-31(27)35/h5-18,20,33,38,40H,4,19,21-23H2,1-3H3,(H,39,42). The fourth-order valence-corrected chi connectivity index (χ4v) is 5.61. The predicted molar refractivity (Wildman–Crippen MR) is 176 cm³/mol. The fourth-order valence-electron chi connectivity index (χ4n) is 5.61. The van der Waals surface area contributed by atoms with Crippen LogP contribution in [-0.4, -0.2) is 50.1 Å². The Bertz CT molecular complexity index is 1750. The van der Waals surface area contributed by atoms with Gasteiger partial charge in [-0.25, -0.2) is 0 Å². The van der Waals surface area contributed by atoms with Crippen molar-refractivity contribution in [1.82, 2.24) is 10.6 Å². The molecule has 0 radical (unpaired) electrons.